The van der Waals surface area contributed by atoms with Crippen LogP contribution < -0.4 is 5.32 Å². The van der Waals surface area contributed by atoms with Crippen molar-refractivity contribution in [1.29, 1.82) is 0 Å². The topological polar surface area (TPSA) is 117 Å². The Kier molecular flexibility index (Phi) is 4.57. The van der Waals surface area contributed by atoms with Crippen LogP contribution in [0.2, 0.25) is 0 Å². The molecule has 3 N–H and O–H groups in total. The molecule has 7 heteroatoms. The van der Waals surface area contributed by atoms with Crippen LogP contribution in [-0.2, 0) is 9.59 Å². The molecule has 0 saturated carbocycles. The third-order valence-electron chi connectivity index (χ3n) is 2.31. The molecule has 102 valence electrons. The summed E-state index contributed by atoms with van der Waals surface area (Å²) in [4.78, 5) is 37.1. The van der Waals surface area contributed by atoms with E-state index in [9.17, 15) is 14.4 Å². The maximum Gasteiger partial charge on any atom is 0.326 e. The molecule has 19 heavy (non-hydrogen) atoms. The summed E-state index contributed by atoms with van der Waals surface area (Å²) < 4.78 is 0. The lowest BCUT2D eigenvalue weighted by molar-refractivity contribution is -0.145. The van der Waals surface area contributed by atoms with Gasteiger partial charge in [-0.15, -0.1) is 0 Å². The number of hydrogen-bond acceptors (Lipinski definition) is 4. The molecule has 7 nitrogen and oxygen atoms in total. The average molecular weight is 266 g/mol. The lowest BCUT2D eigenvalue weighted by Gasteiger charge is -2.12. The first-order chi connectivity index (χ1) is 8.79. The minimum Gasteiger partial charge on any atom is -0.481 e. The number of rotatable bonds is 5. The van der Waals surface area contributed by atoms with E-state index < -0.39 is 30.3 Å². The van der Waals surface area contributed by atoms with Crippen molar-refractivity contribution in [2.45, 2.75) is 26.3 Å². The van der Waals surface area contributed by atoms with Crippen molar-refractivity contribution in [2.24, 2.45) is 0 Å². The van der Waals surface area contributed by atoms with Gasteiger partial charge in [-0.2, -0.15) is 0 Å². The number of nitrogens with one attached hydrogen (secondary N) is 1. The van der Waals surface area contributed by atoms with Gasteiger partial charge in [-0.05, 0) is 31.5 Å². The summed E-state index contributed by atoms with van der Waals surface area (Å²) in [6.45, 7) is 3.48. The molecule has 0 radical (unpaired) electrons. The number of aliphatic carboxylic acids is 2. The Bertz CT molecular complexity index is 507. The first-order valence-electron chi connectivity index (χ1n) is 5.50. The fourth-order valence-electron chi connectivity index (χ4n) is 1.56. The zero-order valence-electron chi connectivity index (χ0n) is 10.5. The molecule has 1 amide bonds. The molecule has 1 rings (SSSR count). The van der Waals surface area contributed by atoms with Gasteiger partial charge < -0.3 is 15.5 Å². The van der Waals surface area contributed by atoms with Gasteiger partial charge in [-0.1, -0.05) is 0 Å². The molecule has 1 atom stereocenters. The van der Waals surface area contributed by atoms with E-state index in [0.717, 1.165) is 5.56 Å². The fourth-order valence-corrected chi connectivity index (χ4v) is 1.56. The highest BCUT2D eigenvalue weighted by Gasteiger charge is 2.24. The van der Waals surface area contributed by atoms with E-state index in [-0.39, 0.29) is 5.69 Å². The van der Waals surface area contributed by atoms with Crippen LogP contribution in [0.1, 0.15) is 28.2 Å². The quantitative estimate of drug-likeness (QED) is 0.708. The normalized spacial score (nSPS) is 11.7. The molecule has 0 bridgehead atoms. The zero-order valence-corrected chi connectivity index (χ0v) is 10.5. The van der Waals surface area contributed by atoms with Crippen molar-refractivity contribution in [1.82, 2.24) is 10.3 Å². The first-order valence-corrected chi connectivity index (χ1v) is 5.50. The van der Waals surface area contributed by atoms with E-state index in [2.05, 4.69) is 10.3 Å². The van der Waals surface area contributed by atoms with E-state index >= 15 is 0 Å². The number of aryl methyl sites for hydroxylation is 2. The Balaban J connectivity index is 2.87. The number of nitrogens with zero attached hydrogens (tertiary/aromatic N) is 1. The SMILES string of the molecule is Cc1cc(C)nc(C(=O)N[C@@H](CC(=O)O)C(=O)O)c1. The maximum absolute atomic E-state index is 11.8. The standard InChI is InChI=1S/C12H14N2O5/c1-6-3-7(2)13-8(4-6)11(17)14-9(12(18)19)5-10(15)16/h3-4,9H,5H2,1-2H3,(H,14,17)(H,15,16)(H,18,19)/t9-/m0/s1. The highest BCUT2D eigenvalue weighted by molar-refractivity contribution is 5.96. The summed E-state index contributed by atoms with van der Waals surface area (Å²) in [7, 11) is 0. The van der Waals surface area contributed by atoms with Crippen molar-refractivity contribution >= 4 is 17.8 Å². The van der Waals surface area contributed by atoms with Gasteiger partial charge in [0.1, 0.15) is 11.7 Å². The number of carboxylic acid groups (broad SMARTS) is 2. The second-order valence-corrected chi connectivity index (χ2v) is 4.13. The van der Waals surface area contributed by atoms with Crippen molar-refractivity contribution in [3.8, 4) is 0 Å². The molecule has 0 aliphatic carbocycles. The monoisotopic (exact) mass is 266 g/mol. The molecule has 0 fully saturated rings. The lowest BCUT2D eigenvalue weighted by atomic mass is 10.1. The molecule has 0 spiro atoms. The second kappa shape index (κ2) is 5.94. The molecular weight excluding hydrogens is 252 g/mol. The van der Waals surface area contributed by atoms with Crippen LogP contribution >= 0.6 is 0 Å². The number of amides is 1. The van der Waals surface area contributed by atoms with Gasteiger partial charge in [0.2, 0.25) is 0 Å². The van der Waals surface area contributed by atoms with Crippen LogP contribution in [0.15, 0.2) is 12.1 Å². The minimum atomic E-state index is -1.48. The van der Waals surface area contributed by atoms with Gasteiger partial charge in [0, 0.05) is 5.69 Å². The van der Waals surface area contributed by atoms with E-state index in [1.165, 1.54) is 6.07 Å². The number of aromatic nitrogens is 1. The van der Waals surface area contributed by atoms with Crippen molar-refractivity contribution in [2.75, 3.05) is 0 Å². The molecule has 0 saturated heterocycles. The summed E-state index contributed by atoms with van der Waals surface area (Å²) in [5.41, 5.74) is 1.49. The summed E-state index contributed by atoms with van der Waals surface area (Å²) in [6, 6.07) is 1.79. The van der Waals surface area contributed by atoms with Gasteiger partial charge in [0.25, 0.3) is 5.91 Å². The molecule has 0 aromatic carbocycles. The van der Waals surface area contributed by atoms with E-state index in [4.69, 9.17) is 10.2 Å². The summed E-state index contributed by atoms with van der Waals surface area (Å²) in [5.74, 6) is -3.42. The molecule has 1 aromatic rings. The molecule has 1 aromatic heterocycles. The Morgan fingerprint density at radius 3 is 2.37 bits per heavy atom. The predicted octanol–water partition coefficient (Wildman–Crippen LogP) is 0.356. The summed E-state index contributed by atoms with van der Waals surface area (Å²) in [5, 5.41) is 19.5. The lowest BCUT2D eigenvalue weighted by Crippen LogP contribution is -2.42. The van der Waals surface area contributed by atoms with Crippen molar-refractivity contribution in [3.05, 3.63) is 29.1 Å². The van der Waals surface area contributed by atoms with E-state index in [1.807, 2.05) is 0 Å². The van der Waals surface area contributed by atoms with Crippen molar-refractivity contribution in [3.63, 3.8) is 0 Å². The van der Waals surface area contributed by atoms with Gasteiger partial charge in [-0.25, -0.2) is 9.78 Å². The Morgan fingerprint density at radius 2 is 1.89 bits per heavy atom. The van der Waals surface area contributed by atoms with E-state index in [1.54, 1.807) is 19.9 Å². The zero-order chi connectivity index (χ0) is 14.6. The van der Waals surface area contributed by atoms with Crippen LogP contribution in [0.5, 0.6) is 0 Å². The summed E-state index contributed by atoms with van der Waals surface area (Å²) >= 11 is 0. The largest absolute Gasteiger partial charge is 0.481 e. The van der Waals surface area contributed by atoms with Crippen LogP contribution in [0.4, 0.5) is 0 Å². The van der Waals surface area contributed by atoms with Gasteiger partial charge in [-0.3, -0.25) is 9.59 Å². The number of carboxylic acids is 2. The summed E-state index contributed by atoms with van der Waals surface area (Å²) in [6.07, 6.45) is -0.689. The van der Waals surface area contributed by atoms with Crippen LogP contribution in [-0.4, -0.2) is 39.1 Å². The van der Waals surface area contributed by atoms with Crippen molar-refractivity contribution < 1.29 is 24.6 Å². The predicted molar refractivity (Wildman–Crippen MR) is 64.9 cm³/mol. The van der Waals surface area contributed by atoms with Crippen LogP contribution in [0.25, 0.3) is 0 Å². The van der Waals surface area contributed by atoms with Crippen LogP contribution in [0.3, 0.4) is 0 Å². The molecule has 0 aliphatic heterocycles. The van der Waals surface area contributed by atoms with E-state index in [0.29, 0.717) is 5.69 Å². The van der Waals surface area contributed by atoms with Gasteiger partial charge >= 0.3 is 11.9 Å². The number of carbonyl (C=O) groups is 3. The highest BCUT2D eigenvalue weighted by atomic mass is 16.4. The minimum absolute atomic E-state index is 0.0640. The number of pyridine rings is 1. The third kappa shape index (κ3) is 4.38. The highest BCUT2D eigenvalue weighted by Crippen LogP contribution is 2.05. The fraction of sp³-hybridized carbons (Fsp3) is 0.333. The van der Waals surface area contributed by atoms with Crippen LogP contribution in [0, 0.1) is 13.8 Å². The molecule has 1 heterocycles. The smallest absolute Gasteiger partial charge is 0.326 e. The number of hydrogen-bond donors (Lipinski definition) is 3. The number of carbonyl (C=O) groups excluding carboxylic acids is 1. The second-order valence-electron chi connectivity index (χ2n) is 4.13. The molecule has 0 unspecified atom stereocenters. The maximum atomic E-state index is 11.8. The molecular formula is C12H14N2O5. The first kappa shape index (κ1) is 14.6. The Labute approximate surface area is 109 Å². The van der Waals surface area contributed by atoms with Gasteiger partial charge in [0.15, 0.2) is 0 Å². The Morgan fingerprint density at radius 1 is 1.26 bits per heavy atom. The third-order valence-corrected chi connectivity index (χ3v) is 2.31. The Hall–Kier alpha value is -2.44. The molecule has 0 aliphatic rings. The van der Waals surface area contributed by atoms with Gasteiger partial charge in [0.05, 0.1) is 6.42 Å². The average Bonchev–Trinajstić information content (AvgIpc) is 2.25.